The van der Waals surface area contributed by atoms with Crippen molar-refractivity contribution in [3.63, 3.8) is 0 Å². The summed E-state index contributed by atoms with van der Waals surface area (Å²) in [6.45, 7) is 5.97. The summed E-state index contributed by atoms with van der Waals surface area (Å²) in [5, 5.41) is 13.5. The van der Waals surface area contributed by atoms with Gasteiger partial charge in [0.2, 0.25) is 0 Å². The molecule has 2 rings (SSSR count). The Balaban J connectivity index is 1.85. The highest BCUT2D eigenvalue weighted by atomic mass is 16.5. The molecule has 0 saturated carbocycles. The minimum Gasteiger partial charge on any atom is -0.508 e. The molecule has 5 heteroatoms. The summed E-state index contributed by atoms with van der Waals surface area (Å²) in [6, 6.07) is 14.5. The first kappa shape index (κ1) is 18.5. The van der Waals surface area contributed by atoms with Crippen LogP contribution in [0.2, 0.25) is 0 Å². The number of ether oxygens (including phenoxy) is 1. The maximum atomic E-state index is 11.8. The predicted molar refractivity (Wildman–Crippen MR) is 99.1 cm³/mol. The number of carbonyl (C=O) groups excluding carboxylic acids is 1. The molecule has 132 valence electrons. The first-order valence-electron chi connectivity index (χ1n) is 8.35. The smallest absolute Gasteiger partial charge is 0.277 e. The average Bonchev–Trinajstić information content (AvgIpc) is 2.64. The molecule has 1 atom stereocenters. The van der Waals surface area contributed by atoms with Crippen LogP contribution in [-0.4, -0.2) is 23.3 Å². The zero-order chi connectivity index (χ0) is 18.2. The van der Waals surface area contributed by atoms with Gasteiger partial charge in [-0.3, -0.25) is 4.79 Å². The van der Waals surface area contributed by atoms with Crippen molar-refractivity contribution in [1.29, 1.82) is 0 Å². The lowest BCUT2D eigenvalue weighted by molar-refractivity contribution is -0.123. The number of carbonyl (C=O) groups is 1. The monoisotopic (exact) mass is 340 g/mol. The Kier molecular flexibility index (Phi) is 6.57. The van der Waals surface area contributed by atoms with Crippen molar-refractivity contribution in [1.82, 2.24) is 5.43 Å². The van der Waals surface area contributed by atoms with Crippen molar-refractivity contribution >= 4 is 11.6 Å². The Morgan fingerprint density at radius 1 is 1.24 bits per heavy atom. The Morgan fingerprint density at radius 3 is 2.60 bits per heavy atom. The molecular weight excluding hydrogens is 316 g/mol. The lowest BCUT2D eigenvalue weighted by atomic mass is 9.99. The van der Waals surface area contributed by atoms with Crippen LogP contribution in [-0.2, 0) is 4.79 Å². The fraction of sp³-hybridized carbons (Fsp3) is 0.300. The van der Waals surface area contributed by atoms with E-state index in [1.807, 2.05) is 24.3 Å². The number of hydrogen-bond acceptors (Lipinski definition) is 4. The highest BCUT2D eigenvalue weighted by Crippen LogP contribution is 2.21. The molecule has 1 unspecified atom stereocenters. The van der Waals surface area contributed by atoms with E-state index in [0.717, 1.165) is 12.0 Å². The molecule has 25 heavy (non-hydrogen) atoms. The summed E-state index contributed by atoms with van der Waals surface area (Å²) in [4.78, 5) is 11.8. The van der Waals surface area contributed by atoms with Gasteiger partial charge in [-0.2, -0.15) is 5.10 Å². The second kappa shape index (κ2) is 8.87. The predicted octanol–water partition coefficient (Wildman–Crippen LogP) is 3.82. The normalized spacial score (nSPS) is 12.5. The number of hydrazone groups is 1. The zero-order valence-electron chi connectivity index (χ0n) is 14.8. The zero-order valence-corrected chi connectivity index (χ0v) is 14.8. The van der Waals surface area contributed by atoms with E-state index in [9.17, 15) is 9.90 Å². The number of hydrogen-bond donors (Lipinski definition) is 2. The van der Waals surface area contributed by atoms with Crippen LogP contribution in [0.3, 0.4) is 0 Å². The molecule has 2 aromatic carbocycles. The van der Waals surface area contributed by atoms with E-state index in [0.29, 0.717) is 17.4 Å². The summed E-state index contributed by atoms with van der Waals surface area (Å²) < 4.78 is 5.47. The SMILES string of the molecule is CCC(C)c1ccc(OCC(=O)N/N=C(/C)c2cccc(O)c2)cc1. The minimum absolute atomic E-state index is 0.112. The molecule has 0 aliphatic carbocycles. The second-order valence-corrected chi connectivity index (χ2v) is 5.95. The van der Waals surface area contributed by atoms with Crippen molar-refractivity contribution in [2.24, 2.45) is 5.10 Å². The largest absolute Gasteiger partial charge is 0.508 e. The molecule has 0 radical (unpaired) electrons. The molecule has 0 aromatic heterocycles. The summed E-state index contributed by atoms with van der Waals surface area (Å²) in [7, 11) is 0. The standard InChI is InChI=1S/C20H24N2O3/c1-4-14(2)16-8-10-19(11-9-16)25-13-20(24)22-21-15(3)17-6-5-7-18(23)12-17/h5-12,14,23H,4,13H2,1-3H3,(H,22,24)/b21-15-. The topological polar surface area (TPSA) is 70.9 Å². The first-order chi connectivity index (χ1) is 12.0. The van der Waals surface area contributed by atoms with Gasteiger partial charge in [-0.25, -0.2) is 5.43 Å². The number of benzene rings is 2. The van der Waals surface area contributed by atoms with Crippen LogP contribution in [0.5, 0.6) is 11.5 Å². The lowest BCUT2D eigenvalue weighted by Gasteiger charge is -2.10. The number of phenolic OH excluding ortho intramolecular Hbond substituents is 1. The van der Waals surface area contributed by atoms with E-state index in [-0.39, 0.29) is 18.3 Å². The minimum atomic E-state index is -0.342. The quantitative estimate of drug-likeness (QED) is 0.594. The Bertz CT molecular complexity index is 739. The Labute approximate surface area is 148 Å². The fourth-order valence-electron chi connectivity index (χ4n) is 2.25. The maximum absolute atomic E-state index is 11.8. The van der Waals surface area contributed by atoms with Crippen molar-refractivity contribution in [2.75, 3.05) is 6.61 Å². The molecule has 0 bridgehead atoms. The highest BCUT2D eigenvalue weighted by molar-refractivity contribution is 5.99. The molecular formula is C20H24N2O3. The van der Waals surface area contributed by atoms with Crippen LogP contribution in [0.25, 0.3) is 0 Å². The molecule has 0 saturated heterocycles. The summed E-state index contributed by atoms with van der Waals surface area (Å²) in [5.74, 6) is 0.969. The van der Waals surface area contributed by atoms with Crippen LogP contribution in [0, 0.1) is 0 Å². The van der Waals surface area contributed by atoms with Crippen LogP contribution in [0.4, 0.5) is 0 Å². The molecule has 0 fully saturated rings. The number of nitrogens with one attached hydrogen (secondary N) is 1. The van der Waals surface area contributed by atoms with Crippen LogP contribution in [0.1, 0.15) is 44.2 Å². The van der Waals surface area contributed by atoms with E-state index in [1.165, 1.54) is 5.56 Å². The van der Waals surface area contributed by atoms with Gasteiger partial charge in [0.05, 0.1) is 5.71 Å². The molecule has 2 aromatic rings. The van der Waals surface area contributed by atoms with Crippen molar-refractivity contribution in [2.45, 2.75) is 33.1 Å². The number of aromatic hydroxyl groups is 1. The summed E-state index contributed by atoms with van der Waals surface area (Å²) in [5.41, 5.74) is 5.04. The third-order valence-corrected chi connectivity index (χ3v) is 4.04. The van der Waals surface area contributed by atoms with Crippen LogP contribution in [0.15, 0.2) is 53.6 Å². The van der Waals surface area contributed by atoms with Gasteiger partial charge in [-0.15, -0.1) is 0 Å². The Morgan fingerprint density at radius 2 is 1.96 bits per heavy atom. The van der Waals surface area contributed by atoms with Gasteiger partial charge in [0.1, 0.15) is 11.5 Å². The number of phenols is 1. The van der Waals surface area contributed by atoms with Crippen molar-refractivity contribution < 1.29 is 14.6 Å². The van der Waals surface area contributed by atoms with Gasteiger partial charge in [-0.05, 0) is 49.1 Å². The molecule has 0 heterocycles. The average molecular weight is 340 g/mol. The number of nitrogens with zero attached hydrogens (tertiary/aromatic N) is 1. The molecule has 2 N–H and O–H groups in total. The highest BCUT2D eigenvalue weighted by Gasteiger charge is 2.05. The van der Waals surface area contributed by atoms with E-state index in [2.05, 4.69) is 24.4 Å². The van der Waals surface area contributed by atoms with Crippen LogP contribution < -0.4 is 10.2 Å². The van der Waals surface area contributed by atoms with E-state index < -0.39 is 0 Å². The van der Waals surface area contributed by atoms with Crippen LogP contribution >= 0.6 is 0 Å². The van der Waals surface area contributed by atoms with Crippen molar-refractivity contribution in [3.8, 4) is 11.5 Å². The van der Waals surface area contributed by atoms with E-state index in [4.69, 9.17) is 4.74 Å². The maximum Gasteiger partial charge on any atom is 0.277 e. The lowest BCUT2D eigenvalue weighted by Crippen LogP contribution is -2.25. The van der Waals surface area contributed by atoms with E-state index in [1.54, 1.807) is 31.2 Å². The number of amides is 1. The third-order valence-electron chi connectivity index (χ3n) is 4.04. The van der Waals surface area contributed by atoms with Gasteiger partial charge in [0.15, 0.2) is 6.61 Å². The molecule has 0 spiro atoms. The van der Waals surface area contributed by atoms with Gasteiger partial charge in [-0.1, -0.05) is 38.1 Å². The summed E-state index contributed by atoms with van der Waals surface area (Å²) >= 11 is 0. The second-order valence-electron chi connectivity index (χ2n) is 5.95. The van der Waals surface area contributed by atoms with Gasteiger partial charge in [0, 0.05) is 5.56 Å². The summed E-state index contributed by atoms with van der Waals surface area (Å²) in [6.07, 6.45) is 1.08. The van der Waals surface area contributed by atoms with Gasteiger partial charge in [0.25, 0.3) is 5.91 Å². The van der Waals surface area contributed by atoms with Gasteiger partial charge < -0.3 is 9.84 Å². The molecule has 1 amide bonds. The molecule has 5 nitrogen and oxygen atoms in total. The fourth-order valence-corrected chi connectivity index (χ4v) is 2.25. The molecule has 0 aliphatic heterocycles. The first-order valence-corrected chi connectivity index (χ1v) is 8.35. The van der Waals surface area contributed by atoms with Crippen molar-refractivity contribution in [3.05, 3.63) is 59.7 Å². The van der Waals surface area contributed by atoms with E-state index >= 15 is 0 Å². The van der Waals surface area contributed by atoms with Gasteiger partial charge >= 0.3 is 0 Å². The molecule has 0 aliphatic rings. The Hall–Kier alpha value is -2.82. The third kappa shape index (κ3) is 5.64. The number of rotatable bonds is 7.